The van der Waals surface area contributed by atoms with E-state index in [1.54, 1.807) is 11.9 Å². The molecule has 1 N–H and O–H groups in total. The molecule has 0 saturated carbocycles. The van der Waals surface area contributed by atoms with E-state index in [2.05, 4.69) is 11.4 Å². The zero-order valence-corrected chi connectivity index (χ0v) is 12.0. The Hall–Kier alpha value is -1.57. The summed E-state index contributed by atoms with van der Waals surface area (Å²) in [5.41, 5.74) is -0.889. The second-order valence-corrected chi connectivity index (χ2v) is 5.08. The first-order valence-electron chi connectivity index (χ1n) is 6.96. The van der Waals surface area contributed by atoms with Crippen LogP contribution in [0.1, 0.15) is 39.5 Å². The van der Waals surface area contributed by atoms with Crippen LogP contribution >= 0.6 is 0 Å². The highest BCUT2D eigenvalue weighted by Crippen LogP contribution is 2.30. The van der Waals surface area contributed by atoms with Crippen LogP contribution in [0.25, 0.3) is 0 Å². The Morgan fingerprint density at radius 1 is 1.32 bits per heavy atom. The Morgan fingerprint density at radius 3 is 2.21 bits per heavy atom. The van der Waals surface area contributed by atoms with E-state index in [0.717, 1.165) is 0 Å². The van der Waals surface area contributed by atoms with Gasteiger partial charge in [0.05, 0.1) is 6.07 Å². The number of amides is 2. The third-order valence-corrected chi connectivity index (χ3v) is 4.23. The van der Waals surface area contributed by atoms with Crippen molar-refractivity contribution in [2.75, 3.05) is 20.1 Å². The van der Waals surface area contributed by atoms with Gasteiger partial charge in [0.15, 0.2) is 0 Å². The first-order valence-corrected chi connectivity index (χ1v) is 6.96. The minimum atomic E-state index is -0.889. The molecule has 1 rings (SSSR count). The van der Waals surface area contributed by atoms with Crippen LogP contribution in [-0.2, 0) is 9.59 Å². The summed E-state index contributed by atoms with van der Waals surface area (Å²) in [4.78, 5) is 25.7. The molecule has 1 aliphatic heterocycles. The maximum absolute atomic E-state index is 12.5. The Balaban J connectivity index is 2.68. The number of hydrogen-bond donors (Lipinski definition) is 1. The van der Waals surface area contributed by atoms with Crippen molar-refractivity contribution in [1.29, 1.82) is 5.26 Å². The molecule has 0 aliphatic carbocycles. The minimum absolute atomic E-state index is 0.00575. The van der Waals surface area contributed by atoms with Crippen molar-refractivity contribution in [2.45, 2.75) is 39.5 Å². The number of rotatable bonds is 4. The lowest BCUT2D eigenvalue weighted by Gasteiger charge is -2.36. The molecule has 0 aromatic carbocycles. The lowest BCUT2D eigenvalue weighted by atomic mass is 9.81. The van der Waals surface area contributed by atoms with Gasteiger partial charge in [-0.25, -0.2) is 0 Å². The third kappa shape index (κ3) is 3.06. The lowest BCUT2D eigenvalue weighted by Crippen LogP contribution is -2.48. The quantitative estimate of drug-likeness (QED) is 0.832. The minimum Gasteiger partial charge on any atom is -0.359 e. The molecule has 2 amide bonds. The summed E-state index contributed by atoms with van der Waals surface area (Å²) in [6.07, 6.45) is 2.43. The Bertz CT molecular complexity index is 375. The highest BCUT2D eigenvalue weighted by molar-refractivity contribution is 5.86. The SMILES string of the molecule is CCC(C#N)(CC)C(=O)N1CCC(C(=O)NC)CC1. The fourth-order valence-electron chi connectivity index (χ4n) is 2.61. The van der Waals surface area contributed by atoms with E-state index in [-0.39, 0.29) is 17.7 Å². The highest BCUT2D eigenvalue weighted by Gasteiger charge is 2.40. The van der Waals surface area contributed by atoms with Crippen LogP contribution in [0, 0.1) is 22.7 Å². The highest BCUT2D eigenvalue weighted by atomic mass is 16.2. The van der Waals surface area contributed by atoms with Crippen LogP contribution < -0.4 is 5.32 Å². The zero-order chi connectivity index (χ0) is 14.5. The summed E-state index contributed by atoms with van der Waals surface area (Å²) >= 11 is 0. The van der Waals surface area contributed by atoms with Crippen molar-refractivity contribution in [3.05, 3.63) is 0 Å². The summed E-state index contributed by atoms with van der Waals surface area (Å²) in [6.45, 7) is 4.89. The van der Waals surface area contributed by atoms with Crippen molar-refractivity contribution in [3.8, 4) is 6.07 Å². The largest absolute Gasteiger partial charge is 0.359 e. The second kappa shape index (κ2) is 6.55. The van der Waals surface area contributed by atoms with Crippen LogP contribution in [0.3, 0.4) is 0 Å². The molecular formula is C14H23N3O2. The molecule has 106 valence electrons. The fourth-order valence-corrected chi connectivity index (χ4v) is 2.61. The van der Waals surface area contributed by atoms with Gasteiger partial charge in [0.25, 0.3) is 0 Å². The van der Waals surface area contributed by atoms with Crippen molar-refractivity contribution in [3.63, 3.8) is 0 Å². The molecule has 1 aliphatic rings. The zero-order valence-electron chi connectivity index (χ0n) is 12.0. The van der Waals surface area contributed by atoms with Gasteiger partial charge in [-0.3, -0.25) is 9.59 Å². The summed E-state index contributed by atoms with van der Waals surface area (Å²) in [6, 6.07) is 2.19. The van der Waals surface area contributed by atoms with Gasteiger partial charge < -0.3 is 10.2 Å². The first kappa shape index (κ1) is 15.5. The smallest absolute Gasteiger partial charge is 0.243 e. The summed E-state index contributed by atoms with van der Waals surface area (Å²) in [7, 11) is 1.63. The first-order chi connectivity index (χ1) is 9.04. The van der Waals surface area contributed by atoms with Crippen LogP contribution in [-0.4, -0.2) is 36.9 Å². The van der Waals surface area contributed by atoms with Crippen molar-refractivity contribution in [1.82, 2.24) is 10.2 Å². The average molecular weight is 265 g/mol. The van der Waals surface area contributed by atoms with Gasteiger partial charge in [0.2, 0.25) is 11.8 Å². The number of nitrogens with one attached hydrogen (secondary N) is 1. The molecule has 19 heavy (non-hydrogen) atoms. The molecule has 0 spiro atoms. The molecule has 0 bridgehead atoms. The van der Waals surface area contributed by atoms with Crippen LogP contribution in [0.5, 0.6) is 0 Å². The van der Waals surface area contributed by atoms with E-state index >= 15 is 0 Å². The molecule has 5 nitrogen and oxygen atoms in total. The van der Waals surface area contributed by atoms with Crippen LogP contribution in [0.15, 0.2) is 0 Å². The molecule has 1 heterocycles. The number of piperidine rings is 1. The van der Waals surface area contributed by atoms with E-state index in [9.17, 15) is 14.9 Å². The van der Waals surface area contributed by atoms with Crippen molar-refractivity contribution < 1.29 is 9.59 Å². The Morgan fingerprint density at radius 2 is 1.84 bits per heavy atom. The van der Waals surface area contributed by atoms with E-state index in [1.807, 2.05) is 13.8 Å². The summed E-state index contributed by atoms with van der Waals surface area (Å²) in [5, 5.41) is 11.9. The third-order valence-electron chi connectivity index (χ3n) is 4.23. The van der Waals surface area contributed by atoms with Gasteiger partial charge in [-0.15, -0.1) is 0 Å². The van der Waals surface area contributed by atoms with Gasteiger partial charge in [-0.2, -0.15) is 5.26 Å². The number of likely N-dealkylation sites (tertiary alicyclic amines) is 1. The van der Waals surface area contributed by atoms with Gasteiger partial charge >= 0.3 is 0 Å². The lowest BCUT2D eigenvalue weighted by molar-refractivity contribution is -0.142. The van der Waals surface area contributed by atoms with E-state index < -0.39 is 5.41 Å². The number of nitrogens with zero attached hydrogens (tertiary/aromatic N) is 2. The molecular weight excluding hydrogens is 242 g/mol. The normalized spacial score (nSPS) is 16.8. The summed E-state index contributed by atoms with van der Waals surface area (Å²) < 4.78 is 0. The molecule has 1 saturated heterocycles. The number of nitriles is 1. The standard InChI is InChI=1S/C14H23N3O2/c1-4-14(5-2,10-15)13(19)17-8-6-11(7-9-17)12(18)16-3/h11H,4-9H2,1-3H3,(H,16,18). The topological polar surface area (TPSA) is 73.2 Å². The fraction of sp³-hybridized carbons (Fsp3) is 0.786. The molecule has 0 aromatic heterocycles. The van der Waals surface area contributed by atoms with Gasteiger partial charge in [-0.05, 0) is 25.7 Å². The molecule has 5 heteroatoms. The van der Waals surface area contributed by atoms with Crippen molar-refractivity contribution >= 4 is 11.8 Å². The Kier molecular flexibility index (Phi) is 5.34. The summed E-state index contributed by atoms with van der Waals surface area (Å²) in [5.74, 6) is -0.0335. The van der Waals surface area contributed by atoms with Crippen LogP contribution in [0.4, 0.5) is 0 Å². The second-order valence-electron chi connectivity index (χ2n) is 5.08. The predicted molar refractivity (Wildman–Crippen MR) is 72.0 cm³/mol. The predicted octanol–water partition coefficient (Wildman–Crippen LogP) is 1.30. The van der Waals surface area contributed by atoms with E-state index in [1.165, 1.54) is 0 Å². The maximum atomic E-state index is 12.5. The van der Waals surface area contributed by atoms with Crippen LogP contribution in [0.2, 0.25) is 0 Å². The maximum Gasteiger partial charge on any atom is 0.243 e. The van der Waals surface area contributed by atoms with E-state index in [0.29, 0.717) is 38.8 Å². The molecule has 0 aromatic rings. The number of hydrogen-bond acceptors (Lipinski definition) is 3. The molecule has 0 unspecified atom stereocenters. The monoisotopic (exact) mass is 265 g/mol. The molecule has 0 atom stereocenters. The molecule has 1 fully saturated rings. The van der Waals surface area contributed by atoms with Crippen molar-refractivity contribution in [2.24, 2.45) is 11.3 Å². The van der Waals surface area contributed by atoms with Gasteiger partial charge in [0, 0.05) is 26.1 Å². The average Bonchev–Trinajstić information content (AvgIpc) is 2.48. The number of carbonyl (C=O) groups is 2. The van der Waals surface area contributed by atoms with Gasteiger partial charge in [-0.1, -0.05) is 13.8 Å². The van der Waals surface area contributed by atoms with E-state index in [4.69, 9.17) is 0 Å². The molecule has 0 radical (unpaired) electrons. The van der Waals surface area contributed by atoms with Gasteiger partial charge in [0.1, 0.15) is 5.41 Å². The Labute approximate surface area is 115 Å². The number of carbonyl (C=O) groups excluding carboxylic acids is 2.